The SMILES string of the molecule is CCCCCCCCCN(C)CCC(=O)O. The van der Waals surface area contributed by atoms with Crippen LogP contribution in [0.5, 0.6) is 0 Å². The summed E-state index contributed by atoms with van der Waals surface area (Å²) < 4.78 is 0. The van der Waals surface area contributed by atoms with Gasteiger partial charge < -0.3 is 10.0 Å². The van der Waals surface area contributed by atoms with Crippen molar-refractivity contribution >= 4 is 5.97 Å². The van der Waals surface area contributed by atoms with Crippen LogP contribution in [-0.2, 0) is 4.79 Å². The van der Waals surface area contributed by atoms with Crippen molar-refractivity contribution in [1.29, 1.82) is 0 Å². The average Bonchev–Trinajstić information content (AvgIpc) is 2.25. The maximum absolute atomic E-state index is 10.4. The van der Waals surface area contributed by atoms with E-state index < -0.39 is 5.97 Å². The zero-order chi connectivity index (χ0) is 12.2. The fourth-order valence-electron chi connectivity index (χ4n) is 1.74. The van der Waals surface area contributed by atoms with Crippen LogP contribution in [0.1, 0.15) is 58.3 Å². The van der Waals surface area contributed by atoms with Crippen LogP contribution in [0.2, 0.25) is 0 Å². The predicted octanol–water partition coefficient (Wildman–Crippen LogP) is 3.14. The standard InChI is InChI=1S/C13H27NO2/c1-3-4-5-6-7-8-9-11-14(2)12-10-13(15)16/h3-12H2,1-2H3,(H,15,16). The van der Waals surface area contributed by atoms with E-state index in [1.54, 1.807) is 0 Å². The van der Waals surface area contributed by atoms with Crippen LogP contribution in [0.25, 0.3) is 0 Å². The highest BCUT2D eigenvalue weighted by Gasteiger charge is 2.01. The summed E-state index contributed by atoms with van der Waals surface area (Å²) in [6, 6.07) is 0. The first-order chi connectivity index (χ1) is 7.66. The van der Waals surface area contributed by atoms with Gasteiger partial charge in [0.2, 0.25) is 0 Å². The fraction of sp³-hybridized carbons (Fsp3) is 0.923. The normalized spacial score (nSPS) is 10.9. The van der Waals surface area contributed by atoms with Crippen LogP contribution in [-0.4, -0.2) is 36.1 Å². The maximum Gasteiger partial charge on any atom is 0.304 e. The quantitative estimate of drug-likeness (QED) is 0.553. The summed E-state index contributed by atoms with van der Waals surface area (Å²) in [4.78, 5) is 12.5. The van der Waals surface area contributed by atoms with Gasteiger partial charge in [0.1, 0.15) is 0 Å². The Bertz CT molecular complexity index is 171. The largest absolute Gasteiger partial charge is 0.481 e. The number of carboxylic acids is 1. The lowest BCUT2D eigenvalue weighted by Crippen LogP contribution is -2.22. The number of rotatable bonds is 11. The van der Waals surface area contributed by atoms with Crippen molar-refractivity contribution in [3.8, 4) is 0 Å². The Labute approximate surface area is 99.8 Å². The zero-order valence-electron chi connectivity index (χ0n) is 10.9. The second kappa shape index (κ2) is 10.9. The molecule has 0 atom stereocenters. The van der Waals surface area contributed by atoms with E-state index in [4.69, 9.17) is 5.11 Å². The molecule has 0 amide bonds. The van der Waals surface area contributed by atoms with E-state index in [1.165, 1.54) is 44.9 Å². The van der Waals surface area contributed by atoms with E-state index in [2.05, 4.69) is 11.8 Å². The second-order valence-corrected chi connectivity index (χ2v) is 4.57. The van der Waals surface area contributed by atoms with Gasteiger partial charge in [0.25, 0.3) is 0 Å². The number of carbonyl (C=O) groups is 1. The molecule has 3 heteroatoms. The van der Waals surface area contributed by atoms with Gasteiger partial charge in [-0.25, -0.2) is 0 Å². The van der Waals surface area contributed by atoms with E-state index in [0.717, 1.165) is 6.54 Å². The van der Waals surface area contributed by atoms with Gasteiger partial charge in [-0.15, -0.1) is 0 Å². The van der Waals surface area contributed by atoms with E-state index in [0.29, 0.717) is 6.54 Å². The molecule has 1 N–H and O–H groups in total. The van der Waals surface area contributed by atoms with Crippen molar-refractivity contribution < 1.29 is 9.90 Å². The van der Waals surface area contributed by atoms with Crippen molar-refractivity contribution in [2.24, 2.45) is 0 Å². The molecule has 3 nitrogen and oxygen atoms in total. The highest BCUT2D eigenvalue weighted by Crippen LogP contribution is 2.07. The summed E-state index contributed by atoms with van der Waals surface area (Å²) in [6.45, 7) is 3.93. The lowest BCUT2D eigenvalue weighted by Gasteiger charge is -2.14. The summed E-state index contributed by atoms with van der Waals surface area (Å²) in [5, 5.41) is 8.53. The molecular weight excluding hydrogens is 202 g/mol. The lowest BCUT2D eigenvalue weighted by molar-refractivity contribution is -0.137. The van der Waals surface area contributed by atoms with Crippen LogP contribution in [0, 0.1) is 0 Å². The molecule has 0 aromatic heterocycles. The van der Waals surface area contributed by atoms with Crippen molar-refractivity contribution in [2.45, 2.75) is 58.3 Å². The van der Waals surface area contributed by atoms with E-state index >= 15 is 0 Å². The van der Waals surface area contributed by atoms with Gasteiger partial charge in [-0.2, -0.15) is 0 Å². The summed E-state index contributed by atoms with van der Waals surface area (Å²) in [6.07, 6.45) is 9.44. The molecule has 0 saturated heterocycles. The molecule has 0 aliphatic rings. The third-order valence-corrected chi connectivity index (χ3v) is 2.85. The third kappa shape index (κ3) is 11.5. The molecule has 0 radical (unpaired) electrons. The zero-order valence-corrected chi connectivity index (χ0v) is 10.9. The monoisotopic (exact) mass is 229 g/mol. The first-order valence-corrected chi connectivity index (χ1v) is 6.57. The molecule has 0 bridgehead atoms. The van der Waals surface area contributed by atoms with Gasteiger partial charge in [-0.3, -0.25) is 4.79 Å². The molecule has 0 heterocycles. The van der Waals surface area contributed by atoms with Crippen LogP contribution < -0.4 is 0 Å². The Hall–Kier alpha value is -0.570. The minimum absolute atomic E-state index is 0.257. The Balaban J connectivity index is 3.15. The van der Waals surface area contributed by atoms with Crippen molar-refractivity contribution in [1.82, 2.24) is 4.90 Å². The van der Waals surface area contributed by atoms with Gasteiger partial charge >= 0.3 is 5.97 Å². The van der Waals surface area contributed by atoms with Gasteiger partial charge in [-0.05, 0) is 20.0 Å². The summed E-state index contributed by atoms with van der Waals surface area (Å²) in [5.41, 5.74) is 0. The number of carboxylic acid groups (broad SMARTS) is 1. The Morgan fingerprint density at radius 1 is 1.00 bits per heavy atom. The van der Waals surface area contributed by atoms with Gasteiger partial charge in [0, 0.05) is 6.54 Å². The van der Waals surface area contributed by atoms with E-state index in [1.807, 2.05) is 7.05 Å². The van der Waals surface area contributed by atoms with Crippen molar-refractivity contribution in [3.63, 3.8) is 0 Å². The second-order valence-electron chi connectivity index (χ2n) is 4.57. The summed E-state index contributed by atoms with van der Waals surface area (Å²) in [7, 11) is 2.00. The van der Waals surface area contributed by atoms with Crippen LogP contribution in [0.4, 0.5) is 0 Å². The molecular formula is C13H27NO2. The first-order valence-electron chi connectivity index (χ1n) is 6.57. The first kappa shape index (κ1) is 15.4. The van der Waals surface area contributed by atoms with Crippen molar-refractivity contribution in [3.05, 3.63) is 0 Å². The summed E-state index contributed by atoms with van der Waals surface area (Å²) >= 11 is 0. The molecule has 0 fully saturated rings. The van der Waals surface area contributed by atoms with Gasteiger partial charge in [0.15, 0.2) is 0 Å². The highest BCUT2D eigenvalue weighted by atomic mass is 16.4. The van der Waals surface area contributed by atoms with Crippen LogP contribution in [0.3, 0.4) is 0 Å². The highest BCUT2D eigenvalue weighted by molar-refractivity contribution is 5.66. The smallest absolute Gasteiger partial charge is 0.304 e. The van der Waals surface area contributed by atoms with Crippen LogP contribution >= 0.6 is 0 Å². The number of aliphatic carboxylic acids is 1. The minimum Gasteiger partial charge on any atom is -0.481 e. The van der Waals surface area contributed by atoms with Gasteiger partial charge in [-0.1, -0.05) is 45.4 Å². The fourth-order valence-corrected chi connectivity index (χ4v) is 1.74. The number of hydrogen-bond donors (Lipinski definition) is 1. The molecule has 96 valence electrons. The Kier molecular flexibility index (Phi) is 10.5. The molecule has 0 spiro atoms. The minimum atomic E-state index is -0.702. The number of unbranched alkanes of at least 4 members (excludes halogenated alkanes) is 6. The Morgan fingerprint density at radius 2 is 1.56 bits per heavy atom. The maximum atomic E-state index is 10.4. The van der Waals surface area contributed by atoms with E-state index in [9.17, 15) is 4.79 Å². The number of nitrogens with zero attached hydrogens (tertiary/aromatic N) is 1. The summed E-state index contributed by atoms with van der Waals surface area (Å²) in [5.74, 6) is -0.702. The molecule has 0 saturated carbocycles. The molecule has 0 aliphatic carbocycles. The Morgan fingerprint density at radius 3 is 2.12 bits per heavy atom. The van der Waals surface area contributed by atoms with Crippen LogP contribution in [0.15, 0.2) is 0 Å². The van der Waals surface area contributed by atoms with Gasteiger partial charge in [0.05, 0.1) is 6.42 Å². The average molecular weight is 229 g/mol. The van der Waals surface area contributed by atoms with E-state index in [-0.39, 0.29) is 6.42 Å². The van der Waals surface area contributed by atoms with Crippen molar-refractivity contribution in [2.75, 3.05) is 20.1 Å². The molecule has 0 aromatic carbocycles. The molecule has 16 heavy (non-hydrogen) atoms. The molecule has 0 rings (SSSR count). The predicted molar refractivity (Wildman–Crippen MR) is 67.7 cm³/mol. The molecule has 0 aromatic rings. The third-order valence-electron chi connectivity index (χ3n) is 2.85. The molecule has 0 aliphatic heterocycles. The molecule has 0 unspecified atom stereocenters. The lowest BCUT2D eigenvalue weighted by atomic mass is 10.1. The topological polar surface area (TPSA) is 40.5 Å². The number of hydrogen-bond acceptors (Lipinski definition) is 2.